The number of nitrogens with zero attached hydrogens (tertiary/aromatic N) is 5. The Morgan fingerprint density at radius 3 is 2.83 bits per heavy atom. The van der Waals surface area contributed by atoms with Crippen LogP contribution in [0.2, 0.25) is 0 Å². The third-order valence-corrected chi connectivity index (χ3v) is 6.08. The molecule has 6 nitrogen and oxygen atoms in total. The molecule has 4 rings (SSSR count). The van der Waals surface area contributed by atoms with Crippen molar-refractivity contribution < 1.29 is 4.79 Å². The van der Waals surface area contributed by atoms with Crippen LogP contribution in [0.5, 0.6) is 0 Å². The molecule has 4 heterocycles. The van der Waals surface area contributed by atoms with Crippen LogP contribution in [-0.4, -0.2) is 52.9 Å². The van der Waals surface area contributed by atoms with Crippen molar-refractivity contribution in [2.75, 3.05) is 32.1 Å². The number of amides is 1. The van der Waals surface area contributed by atoms with Crippen LogP contribution in [0.15, 0.2) is 42.0 Å². The maximum atomic E-state index is 12.9. The summed E-state index contributed by atoms with van der Waals surface area (Å²) in [6.45, 7) is 3.51. The maximum Gasteiger partial charge on any atom is 0.254 e. The van der Waals surface area contributed by atoms with Gasteiger partial charge in [-0.15, -0.1) is 11.3 Å². The fourth-order valence-corrected chi connectivity index (χ4v) is 4.33. The van der Waals surface area contributed by atoms with E-state index < -0.39 is 0 Å². The molecule has 0 aromatic carbocycles. The van der Waals surface area contributed by atoms with E-state index in [9.17, 15) is 4.79 Å². The Morgan fingerprint density at radius 2 is 2.14 bits per heavy atom. The number of likely N-dealkylation sites (tertiary alicyclic amines) is 1. The molecule has 3 aromatic rings. The number of thiophene rings is 1. The van der Waals surface area contributed by atoms with Gasteiger partial charge >= 0.3 is 0 Å². The van der Waals surface area contributed by atoms with E-state index in [1.807, 2.05) is 60.5 Å². The Bertz CT molecular complexity index is 1000. The van der Waals surface area contributed by atoms with E-state index in [4.69, 9.17) is 9.97 Å². The molecule has 1 aliphatic heterocycles. The zero-order valence-electron chi connectivity index (χ0n) is 17.0. The minimum absolute atomic E-state index is 0.119. The molecule has 0 saturated carbocycles. The van der Waals surface area contributed by atoms with Gasteiger partial charge in [0.15, 0.2) is 5.82 Å². The second-order valence-electron chi connectivity index (χ2n) is 7.65. The number of carbonyl (C=O) groups is 1. The van der Waals surface area contributed by atoms with E-state index in [0.717, 1.165) is 46.9 Å². The van der Waals surface area contributed by atoms with Gasteiger partial charge in [-0.2, -0.15) is 0 Å². The van der Waals surface area contributed by atoms with E-state index >= 15 is 0 Å². The number of piperidine rings is 1. The van der Waals surface area contributed by atoms with E-state index in [1.54, 1.807) is 23.7 Å². The highest BCUT2D eigenvalue weighted by atomic mass is 32.1. The fourth-order valence-electron chi connectivity index (χ4n) is 3.66. The highest BCUT2D eigenvalue weighted by Crippen LogP contribution is 2.30. The molecule has 3 aromatic heterocycles. The lowest BCUT2D eigenvalue weighted by Gasteiger charge is -2.32. The minimum Gasteiger partial charge on any atom is -0.363 e. The minimum atomic E-state index is 0.119. The second-order valence-corrected chi connectivity index (χ2v) is 8.76. The number of carbonyl (C=O) groups excluding carboxylic acids is 1. The molecule has 0 N–H and O–H groups in total. The Labute approximate surface area is 175 Å². The molecule has 1 amide bonds. The Hall–Kier alpha value is -2.80. The standard InChI is InChI=1S/C22H25N5OS/c1-15-10-18(14-29-15)22(28)27-9-5-7-17(13-27)19-11-20(26(2)3)25-21(24-19)16-6-4-8-23-12-16/h4,6,8,10-12,14,17H,5,7,9,13H2,1-3H3/t17-/m0/s1. The maximum absolute atomic E-state index is 12.9. The van der Waals surface area contributed by atoms with Gasteiger partial charge in [0.05, 0.1) is 11.3 Å². The summed E-state index contributed by atoms with van der Waals surface area (Å²) >= 11 is 1.62. The van der Waals surface area contributed by atoms with Crippen molar-refractivity contribution in [3.63, 3.8) is 0 Å². The van der Waals surface area contributed by atoms with Crippen LogP contribution < -0.4 is 4.90 Å². The number of hydrogen-bond donors (Lipinski definition) is 0. The quantitative estimate of drug-likeness (QED) is 0.654. The first-order chi connectivity index (χ1) is 14.0. The molecule has 7 heteroatoms. The summed E-state index contributed by atoms with van der Waals surface area (Å²) in [5.74, 6) is 1.86. The molecule has 1 fully saturated rings. The third-order valence-electron chi connectivity index (χ3n) is 5.21. The SMILES string of the molecule is Cc1cc(C(=O)N2CCC[C@H](c3cc(N(C)C)nc(-c4cccnc4)n3)C2)cs1. The third kappa shape index (κ3) is 4.29. The van der Waals surface area contributed by atoms with Crippen LogP contribution in [0.4, 0.5) is 5.82 Å². The Morgan fingerprint density at radius 1 is 1.28 bits per heavy atom. The van der Waals surface area contributed by atoms with Crippen LogP contribution in [-0.2, 0) is 0 Å². The van der Waals surface area contributed by atoms with Gasteiger partial charge in [-0.05, 0) is 38.0 Å². The molecule has 1 saturated heterocycles. The van der Waals surface area contributed by atoms with Crippen LogP contribution >= 0.6 is 11.3 Å². The molecule has 0 aliphatic carbocycles. The van der Waals surface area contributed by atoms with Crippen LogP contribution in [0, 0.1) is 6.92 Å². The predicted molar refractivity (Wildman–Crippen MR) is 117 cm³/mol. The molecular formula is C22H25N5OS. The largest absolute Gasteiger partial charge is 0.363 e. The Balaban J connectivity index is 1.63. The van der Waals surface area contributed by atoms with Crippen LogP contribution in [0.3, 0.4) is 0 Å². The summed E-state index contributed by atoms with van der Waals surface area (Å²) in [6.07, 6.45) is 5.52. The van der Waals surface area contributed by atoms with Crippen LogP contribution in [0.1, 0.15) is 39.7 Å². The molecular weight excluding hydrogens is 382 g/mol. The van der Waals surface area contributed by atoms with E-state index in [-0.39, 0.29) is 11.8 Å². The first-order valence-electron chi connectivity index (χ1n) is 9.82. The van der Waals surface area contributed by atoms with Gasteiger partial charge in [-0.1, -0.05) is 0 Å². The van der Waals surface area contributed by atoms with Gasteiger partial charge < -0.3 is 9.80 Å². The smallest absolute Gasteiger partial charge is 0.254 e. The van der Waals surface area contributed by atoms with Crippen LogP contribution in [0.25, 0.3) is 11.4 Å². The number of hydrogen-bond acceptors (Lipinski definition) is 6. The topological polar surface area (TPSA) is 62.2 Å². The number of aryl methyl sites for hydroxylation is 1. The van der Waals surface area contributed by atoms with Crippen molar-refractivity contribution in [1.82, 2.24) is 19.9 Å². The highest BCUT2D eigenvalue weighted by molar-refractivity contribution is 7.10. The molecule has 1 atom stereocenters. The summed E-state index contributed by atoms with van der Waals surface area (Å²) < 4.78 is 0. The van der Waals surface area contributed by atoms with E-state index in [0.29, 0.717) is 12.4 Å². The molecule has 0 radical (unpaired) electrons. The summed E-state index contributed by atoms with van der Waals surface area (Å²) in [6, 6.07) is 7.89. The lowest BCUT2D eigenvalue weighted by atomic mass is 9.93. The van der Waals surface area contributed by atoms with E-state index in [2.05, 4.69) is 4.98 Å². The molecule has 1 aliphatic rings. The second kappa shape index (κ2) is 8.29. The van der Waals surface area contributed by atoms with E-state index in [1.165, 1.54) is 0 Å². The van der Waals surface area contributed by atoms with Gasteiger partial charge in [0.2, 0.25) is 0 Å². The Kier molecular flexibility index (Phi) is 5.58. The summed E-state index contributed by atoms with van der Waals surface area (Å²) in [7, 11) is 3.96. The van der Waals surface area contributed by atoms with Gasteiger partial charge in [0.1, 0.15) is 5.82 Å². The lowest BCUT2D eigenvalue weighted by Crippen LogP contribution is -2.39. The molecule has 0 bridgehead atoms. The average Bonchev–Trinajstić information content (AvgIpc) is 3.20. The molecule has 150 valence electrons. The molecule has 0 unspecified atom stereocenters. The normalized spacial score (nSPS) is 16.7. The van der Waals surface area contributed by atoms with Gasteiger partial charge in [-0.3, -0.25) is 9.78 Å². The number of anilines is 1. The predicted octanol–water partition coefficient (Wildman–Crippen LogP) is 3.99. The van der Waals surface area contributed by atoms with Crippen molar-refractivity contribution in [3.8, 4) is 11.4 Å². The lowest BCUT2D eigenvalue weighted by molar-refractivity contribution is 0.0706. The summed E-state index contributed by atoms with van der Waals surface area (Å²) in [4.78, 5) is 31.8. The zero-order chi connectivity index (χ0) is 20.4. The van der Waals surface area contributed by atoms with Crippen molar-refractivity contribution in [2.45, 2.75) is 25.7 Å². The number of aromatic nitrogens is 3. The van der Waals surface area contributed by atoms with Gasteiger partial charge in [0, 0.05) is 67.4 Å². The summed E-state index contributed by atoms with van der Waals surface area (Å²) in [5.41, 5.74) is 2.68. The monoisotopic (exact) mass is 407 g/mol. The first-order valence-corrected chi connectivity index (χ1v) is 10.7. The average molecular weight is 408 g/mol. The van der Waals surface area contributed by atoms with Crippen molar-refractivity contribution in [3.05, 3.63) is 58.2 Å². The van der Waals surface area contributed by atoms with Crippen molar-refractivity contribution in [1.29, 1.82) is 0 Å². The first kappa shape index (κ1) is 19.5. The van der Waals surface area contributed by atoms with Gasteiger partial charge in [-0.25, -0.2) is 9.97 Å². The molecule has 0 spiro atoms. The van der Waals surface area contributed by atoms with Gasteiger partial charge in [0.25, 0.3) is 5.91 Å². The fraction of sp³-hybridized carbons (Fsp3) is 0.364. The summed E-state index contributed by atoms with van der Waals surface area (Å²) in [5, 5.41) is 1.95. The number of rotatable bonds is 4. The number of pyridine rings is 1. The highest BCUT2D eigenvalue weighted by Gasteiger charge is 2.27. The molecule has 29 heavy (non-hydrogen) atoms. The van der Waals surface area contributed by atoms with Crippen molar-refractivity contribution in [2.24, 2.45) is 0 Å². The zero-order valence-corrected chi connectivity index (χ0v) is 17.8. The van der Waals surface area contributed by atoms with Crippen molar-refractivity contribution >= 4 is 23.1 Å².